The molecular weight excluding hydrogens is 368 g/mol. The molecule has 27 heavy (non-hydrogen) atoms. The standard InChI is InChI=1S/C18H18N4O4S/c23-15(8-22-10-19-12-3-6-27-16(12)18(22)24)21-4-1-14-13(7-21)20-17(26-14)11-2-5-25-9-11/h3,6,10-11H,1-2,4-5,7-9H2. The molecule has 3 aromatic heterocycles. The monoisotopic (exact) mass is 386 g/mol. The second kappa shape index (κ2) is 6.58. The van der Waals surface area contributed by atoms with Crippen molar-refractivity contribution in [1.82, 2.24) is 19.4 Å². The molecule has 1 atom stereocenters. The van der Waals surface area contributed by atoms with E-state index < -0.39 is 0 Å². The number of rotatable bonds is 3. The topological polar surface area (TPSA) is 90.5 Å². The summed E-state index contributed by atoms with van der Waals surface area (Å²) in [7, 11) is 0. The highest BCUT2D eigenvalue weighted by molar-refractivity contribution is 7.17. The van der Waals surface area contributed by atoms with Crippen molar-refractivity contribution in [3.63, 3.8) is 0 Å². The molecular formula is C18H18N4O4S. The lowest BCUT2D eigenvalue weighted by atomic mass is 10.1. The summed E-state index contributed by atoms with van der Waals surface area (Å²) in [5.74, 6) is 1.67. The van der Waals surface area contributed by atoms with Gasteiger partial charge in [-0.15, -0.1) is 11.3 Å². The summed E-state index contributed by atoms with van der Waals surface area (Å²) in [5, 5.41) is 1.83. The Bertz CT molecular complexity index is 1060. The van der Waals surface area contributed by atoms with E-state index in [9.17, 15) is 9.59 Å². The van der Waals surface area contributed by atoms with Crippen molar-refractivity contribution in [2.75, 3.05) is 19.8 Å². The van der Waals surface area contributed by atoms with Gasteiger partial charge in [0.05, 0.1) is 30.9 Å². The predicted octanol–water partition coefficient (Wildman–Crippen LogP) is 1.53. The van der Waals surface area contributed by atoms with Crippen LogP contribution in [-0.4, -0.2) is 45.1 Å². The fourth-order valence-electron chi connectivity index (χ4n) is 3.57. The average Bonchev–Trinajstić information content (AvgIpc) is 3.42. The lowest BCUT2D eigenvalue weighted by Gasteiger charge is -2.25. The van der Waals surface area contributed by atoms with Crippen LogP contribution in [0.25, 0.3) is 10.2 Å². The van der Waals surface area contributed by atoms with Gasteiger partial charge in [0.2, 0.25) is 5.91 Å². The van der Waals surface area contributed by atoms with Crippen LogP contribution in [-0.2, 0) is 29.0 Å². The van der Waals surface area contributed by atoms with Crippen molar-refractivity contribution in [2.24, 2.45) is 0 Å². The van der Waals surface area contributed by atoms with Crippen molar-refractivity contribution < 1.29 is 13.9 Å². The van der Waals surface area contributed by atoms with Gasteiger partial charge >= 0.3 is 0 Å². The molecule has 1 amide bonds. The Balaban J connectivity index is 1.32. The number of oxazole rings is 1. The second-order valence-corrected chi connectivity index (χ2v) is 7.78. The Hall–Kier alpha value is -2.52. The number of fused-ring (bicyclic) bond motifs is 2. The molecule has 2 aliphatic heterocycles. The van der Waals surface area contributed by atoms with E-state index in [1.807, 2.05) is 5.38 Å². The summed E-state index contributed by atoms with van der Waals surface area (Å²) in [5.41, 5.74) is 1.31. The lowest BCUT2D eigenvalue weighted by Crippen LogP contribution is -2.39. The van der Waals surface area contributed by atoms with Crippen LogP contribution in [0.2, 0.25) is 0 Å². The number of carbonyl (C=O) groups excluding carboxylic acids is 1. The smallest absolute Gasteiger partial charge is 0.271 e. The summed E-state index contributed by atoms with van der Waals surface area (Å²) in [4.78, 5) is 35.8. The number of hydrogen-bond donors (Lipinski definition) is 0. The Morgan fingerprint density at radius 2 is 2.33 bits per heavy atom. The van der Waals surface area contributed by atoms with Crippen LogP contribution in [0.3, 0.4) is 0 Å². The molecule has 1 unspecified atom stereocenters. The van der Waals surface area contributed by atoms with Gasteiger partial charge in [-0.25, -0.2) is 9.97 Å². The van der Waals surface area contributed by atoms with E-state index in [0.29, 0.717) is 36.3 Å². The summed E-state index contributed by atoms with van der Waals surface area (Å²) in [6.07, 6.45) is 3.00. The summed E-state index contributed by atoms with van der Waals surface area (Å²) in [6.45, 7) is 2.33. The highest BCUT2D eigenvalue weighted by Crippen LogP contribution is 2.28. The average molecular weight is 386 g/mol. The maximum atomic E-state index is 12.7. The number of ether oxygens (including phenoxy) is 1. The Morgan fingerprint density at radius 1 is 1.41 bits per heavy atom. The molecule has 0 aliphatic carbocycles. The van der Waals surface area contributed by atoms with Gasteiger partial charge in [0.15, 0.2) is 5.89 Å². The van der Waals surface area contributed by atoms with E-state index in [-0.39, 0.29) is 23.9 Å². The van der Waals surface area contributed by atoms with Crippen LogP contribution in [0.15, 0.2) is 27.0 Å². The van der Waals surface area contributed by atoms with E-state index in [0.717, 1.165) is 30.4 Å². The zero-order valence-electron chi connectivity index (χ0n) is 14.6. The first kappa shape index (κ1) is 16.6. The van der Waals surface area contributed by atoms with Gasteiger partial charge in [-0.05, 0) is 17.9 Å². The van der Waals surface area contributed by atoms with Crippen LogP contribution >= 0.6 is 11.3 Å². The quantitative estimate of drug-likeness (QED) is 0.678. The Morgan fingerprint density at radius 3 is 3.19 bits per heavy atom. The fourth-order valence-corrected chi connectivity index (χ4v) is 4.37. The van der Waals surface area contributed by atoms with Gasteiger partial charge in [0, 0.05) is 19.6 Å². The van der Waals surface area contributed by atoms with Gasteiger partial charge in [-0.2, -0.15) is 0 Å². The molecule has 0 saturated carbocycles. The van der Waals surface area contributed by atoms with E-state index >= 15 is 0 Å². The molecule has 8 nitrogen and oxygen atoms in total. The SMILES string of the molecule is O=C(Cn1cnc2ccsc2c1=O)N1CCc2oc(C3CCOC3)nc2C1. The minimum absolute atomic E-state index is 0.0177. The molecule has 3 aromatic rings. The van der Waals surface area contributed by atoms with E-state index in [4.69, 9.17) is 9.15 Å². The number of aromatic nitrogens is 3. The van der Waals surface area contributed by atoms with Gasteiger partial charge < -0.3 is 14.1 Å². The summed E-state index contributed by atoms with van der Waals surface area (Å²) < 4.78 is 13.3. The molecule has 0 N–H and O–H groups in total. The first-order valence-corrected chi connectivity index (χ1v) is 9.83. The van der Waals surface area contributed by atoms with E-state index in [1.54, 1.807) is 11.0 Å². The highest BCUT2D eigenvalue weighted by Gasteiger charge is 2.29. The van der Waals surface area contributed by atoms with Gasteiger partial charge in [0.25, 0.3) is 5.56 Å². The second-order valence-electron chi connectivity index (χ2n) is 6.86. The number of carbonyl (C=O) groups is 1. The summed E-state index contributed by atoms with van der Waals surface area (Å²) >= 11 is 1.34. The normalized spacial score (nSPS) is 19.6. The van der Waals surface area contributed by atoms with Gasteiger partial charge in [-0.3, -0.25) is 14.2 Å². The van der Waals surface area contributed by atoms with Crippen molar-refractivity contribution in [1.29, 1.82) is 0 Å². The molecule has 2 aliphatic rings. The summed E-state index contributed by atoms with van der Waals surface area (Å²) in [6, 6.07) is 1.80. The zero-order chi connectivity index (χ0) is 18.4. The third-order valence-corrected chi connectivity index (χ3v) is 6.01. The van der Waals surface area contributed by atoms with Crippen LogP contribution in [0.4, 0.5) is 0 Å². The minimum atomic E-state index is -0.175. The number of thiophene rings is 1. The minimum Gasteiger partial charge on any atom is -0.445 e. The van der Waals surface area contributed by atoms with Gasteiger partial charge in [0.1, 0.15) is 22.7 Å². The lowest BCUT2D eigenvalue weighted by molar-refractivity contribution is -0.132. The molecule has 1 saturated heterocycles. The largest absolute Gasteiger partial charge is 0.445 e. The fraction of sp³-hybridized carbons (Fsp3) is 0.444. The Kier molecular flexibility index (Phi) is 4.05. The van der Waals surface area contributed by atoms with E-state index in [2.05, 4.69) is 9.97 Å². The van der Waals surface area contributed by atoms with Crippen LogP contribution in [0.1, 0.15) is 29.7 Å². The first-order valence-electron chi connectivity index (χ1n) is 8.95. The predicted molar refractivity (Wildman–Crippen MR) is 97.7 cm³/mol. The van der Waals surface area contributed by atoms with Crippen molar-refractivity contribution >= 4 is 27.5 Å². The zero-order valence-corrected chi connectivity index (χ0v) is 15.4. The van der Waals surface area contributed by atoms with Gasteiger partial charge in [-0.1, -0.05) is 0 Å². The van der Waals surface area contributed by atoms with E-state index in [1.165, 1.54) is 22.2 Å². The highest BCUT2D eigenvalue weighted by atomic mass is 32.1. The molecule has 5 rings (SSSR count). The van der Waals surface area contributed by atoms with Crippen molar-refractivity contribution in [3.05, 3.63) is 45.5 Å². The van der Waals surface area contributed by atoms with Crippen LogP contribution in [0.5, 0.6) is 0 Å². The van der Waals surface area contributed by atoms with Crippen molar-refractivity contribution in [2.45, 2.75) is 31.8 Å². The molecule has 0 bridgehead atoms. The molecule has 0 radical (unpaired) electrons. The Labute approximate surface area is 158 Å². The number of amides is 1. The molecule has 0 aromatic carbocycles. The maximum Gasteiger partial charge on any atom is 0.271 e. The molecule has 1 fully saturated rings. The van der Waals surface area contributed by atoms with Crippen molar-refractivity contribution in [3.8, 4) is 0 Å². The number of hydrogen-bond acceptors (Lipinski definition) is 7. The maximum absolute atomic E-state index is 12.7. The van der Waals surface area contributed by atoms with Crippen LogP contribution < -0.4 is 5.56 Å². The third-order valence-electron chi connectivity index (χ3n) is 5.12. The third kappa shape index (κ3) is 2.96. The number of nitrogens with zero attached hydrogens (tertiary/aromatic N) is 4. The molecule has 9 heteroatoms. The molecule has 5 heterocycles. The molecule has 140 valence electrons. The van der Waals surface area contributed by atoms with Crippen LogP contribution in [0, 0.1) is 0 Å². The molecule has 0 spiro atoms. The first-order chi connectivity index (χ1) is 13.2.